The number of hydrogen-bond donors (Lipinski definition) is 2. The summed E-state index contributed by atoms with van der Waals surface area (Å²) in [5.41, 5.74) is 6.03. The number of non-ortho nitro benzene ring substituents is 1. The number of rotatable bonds is 3. The lowest BCUT2D eigenvalue weighted by Gasteiger charge is -2.02. The fourth-order valence-electron chi connectivity index (χ4n) is 2.01. The summed E-state index contributed by atoms with van der Waals surface area (Å²) < 4.78 is 5.38. The minimum atomic E-state index is -0.615. The van der Waals surface area contributed by atoms with Crippen LogP contribution in [0.2, 0.25) is 5.02 Å². The number of amides is 1. The Morgan fingerprint density at radius 2 is 2.13 bits per heavy atom. The topological polar surface area (TPSA) is 124 Å². The number of furan rings is 1. The van der Waals surface area contributed by atoms with Crippen molar-refractivity contribution in [3.63, 3.8) is 0 Å². The number of fused-ring (bicyclic) bond motifs is 1. The van der Waals surface area contributed by atoms with Gasteiger partial charge in [-0.25, -0.2) is 4.98 Å². The monoisotopic (exact) mass is 332 g/mol. The lowest BCUT2D eigenvalue weighted by molar-refractivity contribution is -0.384. The zero-order chi connectivity index (χ0) is 16.6. The third-order valence-electron chi connectivity index (χ3n) is 3.10. The van der Waals surface area contributed by atoms with E-state index in [0.717, 1.165) is 0 Å². The molecule has 0 unspecified atom stereocenters. The quantitative estimate of drug-likeness (QED) is 0.560. The maximum Gasteiger partial charge on any atom is 0.294 e. The largest absolute Gasteiger partial charge is 0.449 e. The first kappa shape index (κ1) is 14.8. The van der Waals surface area contributed by atoms with Gasteiger partial charge >= 0.3 is 0 Å². The summed E-state index contributed by atoms with van der Waals surface area (Å²) in [6, 6.07) is 7.00. The average Bonchev–Trinajstić information content (AvgIpc) is 2.86. The highest BCUT2D eigenvalue weighted by Gasteiger charge is 2.21. The van der Waals surface area contributed by atoms with Crippen LogP contribution in [0, 0.1) is 10.1 Å². The molecular weight excluding hydrogens is 324 g/mol. The van der Waals surface area contributed by atoms with E-state index in [1.807, 2.05) is 0 Å². The van der Waals surface area contributed by atoms with Gasteiger partial charge in [0.05, 0.1) is 21.0 Å². The number of anilines is 2. The van der Waals surface area contributed by atoms with Crippen molar-refractivity contribution in [2.75, 3.05) is 11.1 Å². The number of hydrogen-bond acceptors (Lipinski definition) is 6. The van der Waals surface area contributed by atoms with Crippen molar-refractivity contribution in [3.8, 4) is 0 Å². The predicted molar refractivity (Wildman–Crippen MR) is 84.5 cm³/mol. The van der Waals surface area contributed by atoms with Crippen LogP contribution in [0.3, 0.4) is 0 Å². The van der Waals surface area contributed by atoms with Gasteiger partial charge in [0.25, 0.3) is 11.6 Å². The standard InChI is InChI=1S/C14H9ClN4O4/c15-7-1-4-11(17-6-7)18-14(20)13-12(16)9-5-8(19(21)22)2-3-10(9)23-13/h1-6H,16H2,(H,17,18,20). The van der Waals surface area contributed by atoms with E-state index in [1.165, 1.54) is 30.5 Å². The van der Waals surface area contributed by atoms with Gasteiger partial charge in [0.15, 0.2) is 0 Å². The van der Waals surface area contributed by atoms with E-state index in [1.54, 1.807) is 6.07 Å². The summed E-state index contributed by atoms with van der Waals surface area (Å²) in [4.78, 5) is 26.4. The maximum atomic E-state index is 12.2. The molecule has 3 rings (SSSR count). The second-order valence-corrected chi connectivity index (χ2v) is 5.03. The van der Waals surface area contributed by atoms with Crippen molar-refractivity contribution in [2.45, 2.75) is 0 Å². The molecule has 0 saturated carbocycles. The van der Waals surface area contributed by atoms with Crippen LogP contribution in [0.15, 0.2) is 40.9 Å². The molecule has 0 aliphatic rings. The molecular formula is C14H9ClN4O4. The molecule has 0 spiro atoms. The second kappa shape index (κ2) is 5.58. The van der Waals surface area contributed by atoms with Crippen molar-refractivity contribution in [1.82, 2.24) is 4.98 Å². The summed E-state index contributed by atoms with van der Waals surface area (Å²) in [6.07, 6.45) is 1.38. The van der Waals surface area contributed by atoms with Crippen molar-refractivity contribution < 1.29 is 14.1 Å². The summed E-state index contributed by atoms with van der Waals surface area (Å²) in [7, 11) is 0. The normalized spacial score (nSPS) is 10.7. The van der Waals surface area contributed by atoms with Gasteiger partial charge in [-0.2, -0.15) is 0 Å². The van der Waals surface area contributed by atoms with Gasteiger partial charge in [-0.3, -0.25) is 14.9 Å². The smallest absolute Gasteiger partial charge is 0.294 e. The number of nitro benzene ring substituents is 1. The first-order valence-electron chi connectivity index (χ1n) is 6.35. The van der Waals surface area contributed by atoms with E-state index in [2.05, 4.69) is 10.3 Å². The summed E-state index contributed by atoms with van der Waals surface area (Å²) in [5, 5.41) is 14.0. The van der Waals surface area contributed by atoms with E-state index in [0.29, 0.717) is 10.4 Å². The highest BCUT2D eigenvalue weighted by molar-refractivity contribution is 6.30. The van der Waals surface area contributed by atoms with E-state index < -0.39 is 10.8 Å². The fraction of sp³-hybridized carbons (Fsp3) is 0. The predicted octanol–water partition coefficient (Wildman–Crippen LogP) is 3.22. The lowest BCUT2D eigenvalue weighted by atomic mass is 10.2. The Kier molecular flexibility index (Phi) is 3.59. The molecule has 3 N–H and O–H groups in total. The number of benzene rings is 1. The van der Waals surface area contributed by atoms with Crippen LogP contribution in [0.25, 0.3) is 11.0 Å². The van der Waals surface area contributed by atoms with Gasteiger partial charge < -0.3 is 15.5 Å². The van der Waals surface area contributed by atoms with Crippen LogP contribution in [-0.2, 0) is 0 Å². The number of nitro groups is 1. The number of nitrogens with zero attached hydrogens (tertiary/aromatic N) is 2. The fourth-order valence-corrected chi connectivity index (χ4v) is 2.12. The highest BCUT2D eigenvalue weighted by atomic mass is 35.5. The van der Waals surface area contributed by atoms with Crippen LogP contribution in [0.1, 0.15) is 10.6 Å². The SMILES string of the molecule is Nc1c(C(=O)Nc2ccc(Cl)cn2)oc2ccc([N+](=O)[O-])cc12. The molecule has 0 saturated heterocycles. The number of nitrogens with one attached hydrogen (secondary N) is 1. The van der Waals surface area contributed by atoms with E-state index in [-0.39, 0.29) is 28.5 Å². The lowest BCUT2D eigenvalue weighted by Crippen LogP contribution is -2.13. The Bertz CT molecular complexity index is 920. The van der Waals surface area contributed by atoms with Crippen LogP contribution >= 0.6 is 11.6 Å². The van der Waals surface area contributed by atoms with Gasteiger partial charge in [-0.05, 0) is 18.2 Å². The Morgan fingerprint density at radius 1 is 1.35 bits per heavy atom. The molecule has 1 amide bonds. The molecule has 2 aromatic heterocycles. The van der Waals surface area contributed by atoms with Crippen LogP contribution in [0.4, 0.5) is 17.2 Å². The van der Waals surface area contributed by atoms with Crippen molar-refractivity contribution in [3.05, 3.63) is 57.4 Å². The first-order chi connectivity index (χ1) is 11.0. The van der Waals surface area contributed by atoms with Gasteiger partial charge in [-0.1, -0.05) is 11.6 Å². The third-order valence-corrected chi connectivity index (χ3v) is 3.32. The molecule has 0 fully saturated rings. The number of carbonyl (C=O) groups is 1. The molecule has 0 bridgehead atoms. The van der Waals surface area contributed by atoms with E-state index >= 15 is 0 Å². The van der Waals surface area contributed by atoms with Crippen molar-refractivity contribution in [1.29, 1.82) is 0 Å². The van der Waals surface area contributed by atoms with Crippen LogP contribution in [0.5, 0.6) is 0 Å². The molecule has 2 heterocycles. The Balaban J connectivity index is 1.95. The van der Waals surface area contributed by atoms with Crippen LogP contribution in [-0.4, -0.2) is 15.8 Å². The molecule has 8 nitrogen and oxygen atoms in total. The Morgan fingerprint density at radius 3 is 2.78 bits per heavy atom. The number of aromatic nitrogens is 1. The Labute approximate surface area is 134 Å². The molecule has 0 aliphatic carbocycles. The molecule has 9 heteroatoms. The number of halogens is 1. The van der Waals surface area contributed by atoms with Gasteiger partial charge in [0.2, 0.25) is 5.76 Å². The Hall–Kier alpha value is -3.13. The molecule has 116 valence electrons. The van der Waals surface area contributed by atoms with Crippen molar-refractivity contribution >= 4 is 45.7 Å². The zero-order valence-electron chi connectivity index (χ0n) is 11.4. The summed E-state index contributed by atoms with van der Waals surface area (Å²) >= 11 is 5.72. The number of nitrogen functional groups attached to an aromatic ring is 1. The average molecular weight is 333 g/mol. The number of pyridine rings is 1. The molecule has 0 radical (unpaired) electrons. The van der Waals surface area contributed by atoms with E-state index in [9.17, 15) is 14.9 Å². The molecule has 23 heavy (non-hydrogen) atoms. The molecule has 1 aromatic carbocycles. The summed E-state index contributed by atoms with van der Waals surface area (Å²) in [6.45, 7) is 0. The highest BCUT2D eigenvalue weighted by Crippen LogP contribution is 2.31. The summed E-state index contributed by atoms with van der Waals surface area (Å²) in [5.74, 6) is -0.487. The first-order valence-corrected chi connectivity index (χ1v) is 6.73. The van der Waals surface area contributed by atoms with Crippen LogP contribution < -0.4 is 11.1 Å². The minimum Gasteiger partial charge on any atom is -0.449 e. The molecule has 3 aromatic rings. The minimum absolute atomic E-state index is 0.0233. The second-order valence-electron chi connectivity index (χ2n) is 4.60. The van der Waals surface area contributed by atoms with E-state index in [4.69, 9.17) is 21.8 Å². The van der Waals surface area contributed by atoms with Gasteiger partial charge in [-0.15, -0.1) is 0 Å². The number of nitrogens with two attached hydrogens (primary N) is 1. The van der Waals surface area contributed by atoms with Gasteiger partial charge in [0.1, 0.15) is 11.4 Å². The maximum absolute atomic E-state index is 12.2. The number of carbonyl (C=O) groups excluding carboxylic acids is 1. The zero-order valence-corrected chi connectivity index (χ0v) is 12.2. The third kappa shape index (κ3) is 2.79. The molecule has 0 atom stereocenters. The molecule has 0 aliphatic heterocycles. The van der Waals surface area contributed by atoms with Crippen molar-refractivity contribution in [2.24, 2.45) is 0 Å². The van der Waals surface area contributed by atoms with Gasteiger partial charge in [0, 0.05) is 18.3 Å².